The van der Waals surface area contributed by atoms with E-state index in [9.17, 15) is 0 Å². The molecule has 1 atom stereocenters. The fourth-order valence-corrected chi connectivity index (χ4v) is 1.88. The number of nitrogens with zero attached hydrogens (tertiary/aromatic N) is 3. The summed E-state index contributed by atoms with van der Waals surface area (Å²) in [6.07, 6.45) is 6.35. The van der Waals surface area contributed by atoms with E-state index in [-0.39, 0.29) is 6.04 Å². The van der Waals surface area contributed by atoms with Gasteiger partial charge in [-0.25, -0.2) is 0 Å². The predicted molar refractivity (Wildman–Crippen MR) is 80.9 cm³/mol. The fraction of sp³-hybridized carbons (Fsp3) is 0.312. The van der Waals surface area contributed by atoms with Crippen LogP contribution < -0.4 is 10.1 Å². The molecule has 21 heavy (non-hydrogen) atoms. The maximum absolute atomic E-state index is 8.49. The van der Waals surface area contributed by atoms with Gasteiger partial charge in [-0.3, -0.25) is 9.97 Å². The second-order valence-electron chi connectivity index (χ2n) is 4.63. The number of aromatic nitrogens is 2. The molecule has 2 rings (SSSR count). The van der Waals surface area contributed by atoms with Gasteiger partial charge in [-0.1, -0.05) is 6.07 Å². The third-order valence-corrected chi connectivity index (χ3v) is 2.95. The number of hydrogen-bond acceptors (Lipinski definition) is 5. The summed E-state index contributed by atoms with van der Waals surface area (Å²) < 4.78 is 5.62. The first-order valence-electron chi connectivity index (χ1n) is 6.92. The summed E-state index contributed by atoms with van der Waals surface area (Å²) in [6.45, 7) is 2.58. The van der Waals surface area contributed by atoms with E-state index in [0.717, 1.165) is 23.6 Å². The Morgan fingerprint density at radius 3 is 3.05 bits per heavy atom. The summed E-state index contributed by atoms with van der Waals surface area (Å²) >= 11 is 0. The van der Waals surface area contributed by atoms with Crippen LogP contribution in [0.2, 0.25) is 0 Å². The van der Waals surface area contributed by atoms with Crippen molar-refractivity contribution in [2.24, 2.45) is 0 Å². The zero-order chi connectivity index (χ0) is 14.9. The Morgan fingerprint density at radius 2 is 2.29 bits per heavy atom. The van der Waals surface area contributed by atoms with Crippen molar-refractivity contribution in [1.29, 1.82) is 5.26 Å². The third-order valence-electron chi connectivity index (χ3n) is 2.95. The van der Waals surface area contributed by atoms with E-state index >= 15 is 0 Å². The molecule has 0 amide bonds. The maximum atomic E-state index is 8.49. The molecule has 0 aliphatic heterocycles. The molecule has 108 valence electrons. The van der Waals surface area contributed by atoms with Gasteiger partial charge in [0, 0.05) is 30.6 Å². The standard InChI is InChI=1S/C16H18N4O/c1-13(16-12-18-8-9-19-16)20-14-5-4-6-15(11-14)21-10-3-2-7-17/h4-6,8-9,11-13,20H,2-3,10H2,1H3. The molecule has 0 bridgehead atoms. The van der Waals surface area contributed by atoms with E-state index in [0.29, 0.717) is 13.0 Å². The van der Waals surface area contributed by atoms with E-state index in [1.165, 1.54) is 0 Å². The molecule has 0 saturated heterocycles. The summed E-state index contributed by atoms with van der Waals surface area (Å²) in [5, 5.41) is 11.9. The largest absolute Gasteiger partial charge is 0.493 e. The molecule has 1 heterocycles. The number of benzene rings is 1. The van der Waals surface area contributed by atoms with Gasteiger partial charge in [0.15, 0.2) is 0 Å². The summed E-state index contributed by atoms with van der Waals surface area (Å²) in [4.78, 5) is 8.35. The number of hydrogen-bond donors (Lipinski definition) is 1. The molecule has 5 nitrogen and oxygen atoms in total. The van der Waals surface area contributed by atoms with Crippen LogP contribution in [0.15, 0.2) is 42.9 Å². The van der Waals surface area contributed by atoms with Crippen LogP contribution in [0.3, 0.4) is 0 Å². The Hall–Kier alpha value is -2.61. The average Bonchev–Trinajstić information content (AvgIpc) is 2.53. The summed E-state index contributed by atoms with van der Waals surface area (Å²) in [5.41, 5.74) is 1.85. The lowest BCUT2D eigenvalue weighted by molar-refractivity contribution is 0.313. The fourth-order valence-electron chi connectivity index (χ4n) is 1.88. The Morgan fingerprint density at radius 1 is 1.38 bits per heavy atom. The minimum atomic E-state index is 0.0625. The molecule has 2 aromatic rings. The first-order chi connectivity index (χ1) is 10.3. The lowest BCUT2D eigenvalue weighted by Crippen LogP contribution is -2.08. The Balaban J connectivity index is 1.93. The van der Waals surface area contributed by atoms with Gasteiger partial charge in [-0.2, -0.15) is 5.26 Å². The molecule has 0 aliphatic rings. The highest BCUT2D eigenvalue weighted by Crippen LogP contribution is 2.21. The number of unbranched alkanes of at least 4 members (excludes halogenated alkanes) is 1. The van der Waals surface area contributed by atoms with Crippen LogP contribution in [-0.2, 0) is 0 Å². The number of nitrogens with one attached hydrogen (secondary N) is 1. The van der Waals surface area contributed by atoms with Gasteiger partial charge >= 0.3 is 0 Å². The van der Waals surface area contributed by atoms with Gasteiger partial charge in [-0.05, 0) is 25.5 Å². The van der Waals surface area contributed by atoms with Gasteiger partial charge in [-0.15, -0.1) is 0 Å². The van der Waals surface area contributed by atoms with Gasteiger partial charge < -0.3 is 10.1 Å². The second kappa shape index (κ2) is 7.85. The lowest BCUT2D eigenvalue weighted by atomic mass is 10.2. The number of ether oxygens (including phenoxy) is 1. The molecule has 0 spiro atoms. The number of anilines is 1. The first-order valence-corrected chi connectivity index (χ1v) is 6.92. The molecule has 0 fully saturated rings. The Kier molecular flexibility index (Phi) is 5.53. The molecule has 0 radical (unpaired) electrons. The zero-order valence-corrected chi connectivity index (χ0v) is 12.0. The minimum Gasteiger partial charge on any atom is -0.493 e. The highest BCUT2D eigenvalue weighted by atomic mass is 16.5. The van der Waals surface area contributed by atoms with Crippen molar-refractivity contribution in [2.45, 2.75) is 25.8 Å². The van der Waals surface area contributed by atoms with Crippen molar-refractivity contribution in [2.75, 3.05) is 11.9 Å². The second-order valence-corrected chi connectivity index (χ2v) is 4.63. The number of rotatable bonds is 7. The molecule has 0 aliphatic carbocycles. The van der Waals surface area contributed by atoms with Crippen molar-refractivity contribution in [3.63, 3.8) is 0 Å². The van der Waals surface area contributed by atoms with Crippen molar-refractivity contribution in [3.05, 3.63) is 48.5 Å². The van der Waals surface area contributed by atoms with Crippen LogP contribution in [-0.4, -0.2) is 16.6 Å². The topological polar surface area (TPSA) is 70.8 Å². The lowest BCUT2D eigenvalue weighted by Gasteiger charge is -2.15. The molecular weight excluding hydrogens is 264 g/mol. The molecule has 5 heteroatoms. The molecular formula is C16H18N4O. The molecule has 1 aromatic heterocycles. The van der Waals surface area contributed by atoms with Crippen LogP contribution in [0.4, 0.5) is 5.69 Å². The highest BCUT2D eigenvalue weighted by molar-refractivity contribution is 5.49. The van der Waals surface area contributed by atoms with Gasteiger partial charge in [0.25, 0.3) is 0 Å². The van der Waals surface area contributed by atoms with Gasteiger partial charge in [0.1, 0.15) is 5.75 Å². The minimum absolute atomic E-state index is 0.0625. The Bertz CT molecular complexity index is 595. The summed E-state index contributed by atoms with van der Waals surface area (Å²) in [7, 11) is 0. The van der Waals surface area contributed by atoms with Crippen molar-refractivity contribution >= 4 is 5.69 Å². The van der Waals surface area contributed by atoms with E-state index < -0.39 is 0 Å². The highest BCUT2D eigenvalue weighted by Gasteiger charge is 2.07. The SMILES string of the molecule is CC(Nc1cccc(OCCCC#N)c1)c1cnccn1. The van der Waals surface area contributed by atoms with Crippen LogP contribution in [0, 0.1) is 11.3 Å². The molecule has 1 aromatic carbocycles. The van der Waals surface area contributed by atoms with Gasteiger partial charge in [0.05, 0.1) is 30.6 Å². The Labute approximate surface area is 124 Å². The van der Waals surface area contributed by atoms with Crippen molar-refractivity contribution < 1.29 is 4.74 Å². The van der Waals surface area contributed by atoms with E-state index in [2.05, 4.69) is 21.4 Å². The van der Waals surface area contributed by atoms with E-state index in [1.54, 1.807) is 18.6 Å². The van der Waals surface area contributed by atoms with Crippen molar-refractivity contribution in [3.8, 4) is 11.8 Å². The molecule has 1 N–H and O–H groups in total. The van der Waals surface area contributed by atoms with Crippen LogP contribution in [0.5, 0.6) is 5.75 Å². The first kappa shape index (κ1) is 14.8. The van der Waals surface area contributed by atoms with Gasteiger partial charge in [0.2, 0.25) is 0 Å². The molecule has 0 saturated carbocycles. The zero-order valence-electron chi connectivity index (χ0n) is 12.0. The maximum Gasteiger partial charge on any atom is 0.121 e. The van der Waals surface area contributed by atoms with E-state index in [1.807, 2.05) is 31.2 Å². The monoisotopic (exact) mass is 282 g/mol. The smallest absolute Gasteiger partial charge is 0.121 e. The average molecular weight is 282 g/mol. The van der Waals surface area contributed by atoms with Crippen LogP contribution in [0.1, 0.15) is 31.5 Å². The normalized spacial score (nSPS) is 11.4. The summed E-state index contributed by atoms with van der Waals surface area (Å²) in [6, 6.07) is 9.93. The number of nitriles is 1. The predicted octanol–water partition coefficient (Wildman–Crippen LogP) is 3.33. The summed E-state index contributed by atoms with van der Waals surface area (Å²) in [5.74, 6) is 0.796. The van der Waals surface area contributed by atoms with Crippen LogP contribution in [0.25, 0.3) is 0 Å². The molecule has 1 unspecified atom stereocenters. The van der Waals surface area contributed by atoms with Crippen molar-refractivity contribution in [1.82, 2.24) is 9.97 Å². The van der Waals surface area contributed by atoms with E-state index in [4.69, 9.17) is 10.00 Å². The van der Waals surface area contributed by atoms with Crippen LogP contribution >= 0.6 is 0 Å². The quantitative estimate of drug-likeness (QED) is 0.789. The third kappa shape index (κ3) is 4.77.